The zero-order chi connectivity index (χ0) is 15.5. The minimum atomic E-state index is -5.20. The third kappa shape index (κ3) is 4.02. The Labute approximate surface area is 118 Å². The Morgan fingerprint density at radius 3 is 2.71 bits per heavy atom. The number of morpholine rings is 1. The van der Waals surface area contributed by atoms with E-state index in [1.165, 1.54) is 18.2 Å². The molecule has 0 bridgehead atoms. The molecule has 1 atom stereocenters. The van der Waals surface area contributed by atoms with Crippen LogP contribution in [0, 0.1) is 0 Å². The molecule has 0 radical (unpaired) electrons. The van der Waals surface area contributed by atoms with E-state index in [4.69, 9.17) is 4.74 Å². The maximum atomic E-state index is 12.0. The Balaban J connectivity index is 2.09. The molecule has 1 aromatic rings. The largest absolute Gasteiger partial charge is 0.491 e. The average molecular weight is 303 g/mol. The van der Waals surface area contributed by atoms with Crippen LogP contribution in [0.1, 0.15) is 22.0 Å². The molecule has 1 saturated heterocycles. The molecule has 0 aliphatic carbocycles. The fraction of sp³-hybridized carbons (Fsp3) is 0.385. The molecule has 2 rings (SSSR count). The molecule has 114 valence electrons. The molecule has 1 heterocycles. The second-order valence-corrected chi connectivity index (χ2v) is 4.38. The lowest BCUT2D eigenvalue weighted by Gasteiger charge is -2.24. The van der Waals surface area contributed by atoms with E-state index in [-0.39, 0.29) is 11.6 Å². The van der Waals surface area contributed by atoms with E-state index in [9.17, 15) is 22.8 Å². The molecule has 1 fully saturated rings. The van der Waals surface area contributed by atoms with E-state index in [1.807, 2.05) is 0 Å². The number of rotatable bonds is 2. The highest BCUT2D eigenvalue weighted by molar-refractivity contribution is 5.98. The van der Waals surface area contributed by atoms with E-state index >= 15 is 0 Å². The summed E-state index contributed by atoms with van der Waals surface area (Å²) in [5.74, 6) is -3.87. The van der Waals surface area contributed by atoms with Crippen molar-refractivity contribution >= 4 is 11.9 Å². The summed E-state index contributed by atoms with van der Waals surface area (Å²) in [6.07, 6.45) is -5.20. The van der Waals surface area contributed by atoms with Gasteiger partial charge in [-0.15, -0.1) is 0 Å². The van der Waals surface area contributed by atoms with Crippen LogP contribution in [-0.4, -0.2) is 37.9 Å². The SMILES string of the molecule is O=C(OC(=O)C(F)(F)F)c1cccc(C2COCCN2)c1. The van der Waals surface area contributed by atoms with E-state index in [2.05, 4.69) is 10.1 Å². The van der Waals surface area contributed by atoms with Gasteiger partial charge in [0.25, 0.3) is 0 Å². The molecular formula is C13H12F3NO4. The van der Waals surface area contributed by atoms with Crippen molar-refractivity contribution in [3.8, 4) is 0 Å². The number of ether oxygens (including phenoxy) is 2. The fourth-order valence-electron chi connectivity index (χ4n) is 1.86. The standard InChI is InChI=1S/C13H12F3NO4/c14-13(15,16)12(19)21-11(18)9-3-1-2-8(6-9)10-7-20-5-4-17-10/h1-3,6,10,17H,4-5,7H2. The normalized spacial score (nSPS) is 19.1. The van der Waals surface area contributed by atoms with Crippen LogP contribution in [0.5, 0.6) is 0 Å². The zero-order valence-electron chi connectivity index (χ0n) is 10.8. The average Bonchev–Trinajstić information content (AvgIpc) is 2.47. The van der Waals surface area contributed by atoms with Gasteiger partial charge in [-0.25, -0.2) is 9.59 Å². The molecule has 1 aromatic carbocycles. The molecule has 1 N–H and O–H groups in total. The monoisotopic (exact) mass is 303 g/mol. The molecule has 1 aliphatic rings. The van der Waals surface area contributed by atoms with Gasteiger partial charge in [-0.1, -0.05) is 12.1 Å². The lowest BCUT2D eigenvalue weighted by atomic mass is 10.0. The molecule has 0 aromatic heterocycles. The maximum Gasteiger partial charge on any atom is 0.491 e. The van der Waals surface area contributed by atoms with Gasteiger partial charge in [0.15, 0.2) is 0 Å². The summed E-state index contributed by atoms with van der Waals surface area (Å²) in [4.78, 5) is 22.2. The second-order valence-electron chi connectivity index (χ2n) is 4.38. The molecule has 21 heavy (non-hydrogen) atoms. The number of esters is 2. The van der Waals surface area contributed by atoms with Gasteiger partial charge in [0.1, 0.15) is 0 Å². The van der Waals surface area contributed by atoms with Crippen LogP contribution in [0.2, 0.25) is 0 Å². The number of alkyl halides is 3. The number of benzene rings is 1. The molecule has 0 spiro atoms. The van der Waals surface area contributed by atoms with E-state index in [0.717, 1.165) is 0 Å². The smallest absolute Gasteiger partial charge is 0.383 e. The van der Waals surface area contributed by atoms with Crippen LogP contribution in [0.4, 0.5) is 13.2 Å². The van der Waals surface area contributed by atoms with Crippen LogP contribution < -0.4 is 5.32 Å². The van der Waals surface area contributed by atoms with Gasteiger partial charge in [0.05, 0.1) is 24.8 Å². The Kier molecular flexibility index (Phi) is 4.59. The number of carbonyl (C=O) groups is 2. The molecule has 0 saturated carbocycles. The number of nitrogens with one attached hydrogen (secondary N) is 1. The van der Waals surface area contributed by atoms with Crippen molar-refractivity contribution in [3.05, 3.63) is 35.4 Å². The summed E-state index contributed by atoms with van der Waals surface area (Å²) < 4.78 is 45.2. The number of carbonyl (C=O) groups excluding carboxylic acids is 2. The van der Waals surface area contributed by atoms with E-state index in [1.54, 1.807) is 6.07 Å². The van der Waals surface area contributed by atoms with Crippen molar-refractivity contribution in [1.29, 1.82) is 0 Å². The topological polar surface area (TPSA) is 64.6 Å². The minimum absolute atomic E-state index is 0.127. The van der Waals surface area contributed by atoms with Gasteiger partial charge in [-0.3, -0.25) is 0 Å². The summed E-state index contributed by atoms with van der Waals surface area (Å²) in [6.45, 7) is 1.59. The molecule has 0 amide bonds. The number of halogens is 3. The second kappa shape index (κ2) is 6.23. The van der Waals surface area contributed by atoms with Crippen LogP contribution in [0.3, 0.4) is 0 Å². The summed E-state index contributed by atoms with van der Waals surface area (Å²) in [6, 6.07) is 5.69. The van der Waals surface area contributed by atoms with Gasteiger partial charge >= 0.3 is 18.1 Å². The summed E-state index contributed by atoms with van der Waals surface area (Å²) in [5, 5.41) is 3.14. The van der Waals surface area contributed by atoms with Crippen molar-refractivity contribution < 1.29 is 32.2 Å². The van der Waals surface area contributed by atoms with Gasteiger partial charge in [0, 0.05) is 6.54 Å². The molecule has 5 nitrogen and oxygen atoms in total. The highest BCUT2D eigenvalue weighted by Gasteiger charge is 2.42. The van der Waals surface area contributed by atoms with Gasteiger partial charge < -0.3 is 14.8 Å². The molecular weight excluding hydrogens is 291 g/mol. The van der Waals surface area contributed by atoms with E-state index < -0.39 is 18.1 Å². The first kappa shape index (κ1) is 15.5. The lowest BCUT2D eigenvalue weighted by molar-refractivity contribution is -0.193. The summed E-state index contributed by atoms with van der Waals surface area (Å²) >= 11 is 0. The Hall–Kier alpha value is -1.93. The highest BCUT2D eigenvalue weighted by atomic mass is 19.4. The zero-order valence-corrected chi connectivity index (χ0v) is 10.8. The quantitative estimate of drug-likeness (QED) is 0.664. The predicted molar refractivity (Wildman–Crippen MR) is 64.5 cm³/mol. The molecule has 1 aliphatic heterocycles. The van der Waals surface area contributed by atoms with Crippen molar-refractivity contribution in [2.24, 2.45) is 0 Å². The van der Waals surface area contributed by atoms with Crippen molar-refractivity contribution in [2.75, 3.05) is 19.8 Å². The van der Waals surface area contributed by atoms with Gasteiger partial charge in [-0.05, 0) is 17.7 Å². The van der Waals surface area contributed by atoms with Crippen LogP contribution in [-0.2, 0) is 14.3 Å². The Morgan fingerprint density at radius 2 is 2.10 bits per heavy atom. The van der Waals surface area contributed by atoms with Gasteiger partial charge in [-0.2, -0.15) is 13.2 Å². The first-order chi connectivity index (χ1) is 9.88. The van der Waals surface area contributed by atoms with Crippen molar-refractivity contribution in [2.45, 2.75) is 12.2 Å². The van der Waals surface area contributed by atoms with Crippen molar-refractivity contribution in [3.63, 3.8) is 0 Å². The first-order valence-corrected chi connectivity index (χ1v) is 6.12. The van der Waals surface area contributed by atoms with Crippen molar-refractivity contribution in [1.82, 2.24) is 5.32 Å². The Bertz CT molecular complexity index is 538. The summed E-state index contributed by atoms with van der Waals surface area (Å²) in [5.41, 5.74) is 0.543. The van der Waals surface area contributed by atoms with Crippen LogP contribution in [0.25, 0.3) is 0 Å². The summed E-state index contributed by atoms with van der Waals surface area (Å²) in [7, 11) is 0. The van der Waals surface area contributed by atoms with Gasteiger partial charge in [0.2, 0.25) is 0 Å². The predicted octanol–water partition coefficient (Wildman–Crippen LogP) is 1.59. The minimum Gasteiger partial charge on any atom is -0.383 e. The third-order valence-electron chi connectivity index (χ3n) is 2.86. The lowest BCUT2D eigenvalue weighted by Crippen LogP contribution is -2.34. The van der Waals surface area contributed by atoms with E-state index in [0.29, 0.717) is 25.3 Å². The van der Waals surface area contributed by atoms with Crippen LogP contribution in [0.15, 0.2) is 24.3 Å². The molecule has 8 heteroatoms. The third-order valence-corrected chi connectivity index (χ3v) is 2.86. The first-order valence-electron chi connectivity index (χ1n) is 6.12. The number of hydrogen-bond donors (Lipinski definition) is 1. The molecule has 1 unspecified atom stereocenters. The van der Waals surface area contributed by atoms with Crippen LogP contribution >= 0.6 is 0 Å². The maximum absolute atomic E-state index is 12.0. The fourth-order valence-corrected chi connectivity index (χ4v) is 1.86. The highest BCUT2D eigenvalue weighted by Crippen LogP contribution is 2.20. The number of hydrogen-bond acceptors (Lipinski definition) is 5. The Morgan fingerprint density at radius 1 is 1.33 bits per heavy atom.